The van der Waals surface area contributed by atoms with Crippen molar-refractivity contribution in [1.82, 2.24) is 0 Å². The van der Waals surface area contributed by atoms with Gasteiger partial charge in [-0.1, -0.05) is 18.2 Å². The molecule has 0 unspecified atom stereocenters. The predicted octanol–water partition coefficient (Wildman–Crippen LogP) is 3.91. The molecule has 0 saturated carbocycles. The maximum Gasteiger partial charge on any atom is 0.269 e. The highest BCUT2D eigenvalue weighted by Gasteiger charge is 2.27. The molecule has 3 aromatic carbocycles. The summed E-state index contributed by atoms with van der Waals surface area (Å²) in [5, 5.41) is 13.4. The summed E-state index contributed by atoms with van der Waals surface area (Å²) in [5.74, 6) is -0.802. The third-order valence-corrected chi connectivity index (χ3v) is 4.79. The second-order valence-corrected chi connectivity index (χ2v) is 6.80. The summed E-state index contributed by atoms with van der Waals surface area (Å²) < 4.78 is 19.5. The van der Waals surface area contributed by atoms with Crippen molar-refractivity contribution in [3.05, 3.63) is 93.8 Å². The number of benzene rings is 3. The highest BCUT2D eigenvalue weighted by molar-refractivity contribution is 6.05. The van der Waals surface area contributed by atoms with E-state index in [0.717, 1.165) is 0 Å². The van der Waals surface area contributed by atoms with Gasteiger partial charge in [0.2, 0.25) is 0 Å². The molecule has 2 amide bonds. The first-order valence-corrected chi connectivity index (χ1v) is 9.29. The molecule has 3 aromatic rings. The van der Waals surface area contributed by atoms with E-state index in [-0.39, 0.29) is 30.3 Å². The number of carbonyl (C=O) groups is 2. The van der Waals surface area contributed by atoms with Crippen molar-refractivity contribution in [3.63, 3.8) is 0 Å². The lowest BCUT2D eigenvalue weighted by Gasteiger charge is -2.30. The molecule has 1 N–H and O–H groups in total. The SMILES string of the molecule is O=C(Nc1ccc2c(c1)N(Cc1ccccc1F)C(=O)CO2)c1ccc([N+](=O)[O-])cc1. The Balaban J connectivity index is 1.58. The van der Waals surface area contributed by atoms with E-state index in [4.69, 9.17) is 4.74 Å². The van der Waals surface area contributed by atoms with Crippen molar-refractivity contribution in [2.45, 2.75) is 6.54 Å². The standard InChI is InChI=1S/C22H16FN3O5/c23-18-4-2-1-3-15(18)12-25-19-11-16(7-10-20(19)31-13-21(25)27)24-22(28)14-5-8-17(9-6-14)26(29)30/h1-11H,12-13H2,(H,24,28). The Morgan fingerprint density at radius 3 is 2.58 bits per heavy atom. The van der Waals surface area contributed by atoms with E-state index in [1.165, 1.54) is 35.2 Å². The van der Waals surface area contributed by atoms with Crippen LogP contribution in [0.2, 0.25) is 0 Å². The Morgan fingerprint density at radius 2 is 1.87 bits per heavy atom. The Morgan fingerprint density at radius 1 is 1.13 bits per heavy atom. The van der Waals surface area contributed by atoms with Crippen LogP contribution in [0.25, 0.3) is 0 Å². The summed E-state index contributed by atoms with van der Waals surface area (Å²) in [4.78, 5) is 36.6. The number of nitro benzene ring substituents is 1. The second-order valence-electron chi connectivity index (χ2n) is 6.80. The molecular weight excluding hydrogens is 405 g/mol. The van der Waals surface area contributed by atoms with Crippen molar-refractivity contribution in [1.29, 1.82) is 0 Å². The van der Waals surface area contributed by atoms with Gasteiger partial charge in [0, 0.05) is 28.9 Å². The highest BCUT2D eigenvalue weighted by atomic mass is 19.1. The maximum atomic E-state index is 14.1. The van der Waals surface area contributed by atoms with E-state index in [1.54, 1.807) is 36.4 Å². The number of rotatable bonds is 5. The molecule has 0 radical (unpaired) electrons. The van der Waals surface area contributed by atoms with Crippen molar-refractivity contribution in [3.8, 4) is 5.75 Å². The van der Waals surface area contributed by atoms with Crippen LogP contribution in [0.1, 0.15) is 15.9 Å². The van der Waals surface area contributed by atoms with Gasteiger partial charge in [0.05, 0.1) is 17.2 Å². The number of ether oxygens (including phenoxy) is 1. The van der Waals surface area contributed by atoms with Crippen LogP contribution in [0, 0.1) is 15.9 Å². The van der Waals surface area contributed by atoms with E-state index in [1.807, 2.05) is 0 Å². The molecule has 31 heavy (non-hydrogen) atoms. The van der Waals surface area contributed by atoms with E-state index in [2.05, 4.69) is 5.32 Å². The molecule has 0 saturated heterocycles. The van der Waals surface area contributed by atoms with E-state index >= 15 is 0 Å². The van der Waals surface area contributed by atoms with Crippen LogP contribution in [0.15, 0.2) is 66.7 Å². The number of carbonyl (C=O) groups excluding carboxylic acids is 2. The monoisotopic (exact) mass is 421 g/mol. The molecule has 0 bridgehead atoms. The minimum atomic E-state index is -0.549. The van der Waals surface area contributed by atoms with Crippen LogP contribution < -0.4 is 15.0 Å². The molecule has 0 spiro atoms. The number of nitro groups is 1. The number of non-ortho nitro benzene ring substituents is 1. The molecule has 0 fully saturated rings. The third kappa shape index (κ3) is 4.20. The largest absolute Gasteiger partial charge is 0.482 e. The van der Waals surface area contributed by atoms with Crippen molar-refractivity contribution in [2.24, 2.45) is 0 Å². The number of anilines is 2. The molecule has 0 atom stereocenters. The van der Waals surface area contributed by atoms with Gasteiger partial charge in [-0.25, -0.2) is 4.39 Å². The fraction of sp³-hybridized carbons (Fsp3) is 0.0909. The molecule has 4 rings (SSSR count). The average molecular weight is 421 g/mol. The normalized spacial score (nSPS) is 12.7. The summed E-state index contributed by atoms with van der Waals surface area (Å²) >= 11 is 0. The molecule has 8 nitrogen and oxygen atoms in total. The minimum Gasteiger partial charge on any atom is -0.482 e. The minimum absolute atomic E-state index is 0.0155. The lowest BCUT2D eigenvalue weighted by molar-refractivity contribution is -0.384. The van der Waals surface area contributed by atoms with Gasteiger partial charge in [-0.05, 0) is 36.4 Å². The zero-order valence-electron chi connectivity index (χ0n) is 16.1. The van der Waals surface area contributed by atoms with Crippen molar-refractivity contribution < 1.29 is 23.6 Å². The maximum absolute atomic E-state index is 14.1. The lowest BCUT2D eigenvalue weighted by atomic mass is 10.1. The highest BCUT2D eigenvalue weighted by Crippen LogP contribution is 2.36. The fourth-order valence-corrected chi connectivity index (χ4v) is 3.19. The van der Waals surface area contributed by atoms with Gasteiger partial charge in [-0.2, -0.15) is 0 Å². The Hall–Kier alpha value is -4.27. The van der Waals surface area contributed by atoms with Gasteiger partial charge in [0.1, 0.15) is 11.6 Å². The van der Waals surface area contributed by atoms with E-state index in [0.29, 0.717) is 22.7 Å². The number of nitrogens with one attached hydrogen (secondary N) is 1. The molecule has 0 aromatic heterocycles. The molecule has 9 heteroatoms. The van der Waals surface area contributed by atoms with E-state index in [9.17, 15) is 24.1 Å². The molecular formula is C22H16FN3O5. The van der Waals surface area contributed by atoms with Crippen LogP contribution in [-0.2, 0) is 11.3 Å². The van der Waals surface area contributed by atoms with Crippen LogP contribution in [-0.4, -0.2) is 23.3 Å². The number of amides is 2. The number of fused-ring (bicyclic) bond motifs is 1. The second kappa shape index (κ2) is 8.23. The topological polar surface area (TPSA) is 102 Å². The Bertz CT molecular complexity index is 1180. The van der Waals surface area contributed by atoms with Gasteiger partial charge in [0.25, 0.3) is 17.5 Å². The van der Waals surface area contributed by atoms with Crippen molar-refractivity contribution >= 4 is 28.9 Å². The Kier molecular flexibility index (Phi) is 5.31. The van der Waals surface area contributed by atoms with Crippen LogP contribution in [0.4, 0.5) is 21.5 Å². The van der Waals surface area contributed by atoms with Crippen molar-refractivity contribution in [2.75, 3.05) is 16.8 Å². The smallest absolute Gasteiger partial charge is 0.269 e. The zero-order chi connectivity index (χ0) is 22.0. The van der Waals surface area contributed by atoms with Crippen LogP contribution in [0.3, 0.4) is 0 Å². The molecule has 156 valence electrons. The average Bonchev–Trinajstić information content (AvgIpc) is 2.77. The Labute approximate surface area is 176 Å². The first kappa shape index (κ1) is 20.0. The first-order chi connectivity index (χ1) is 14.9. The first-order valence-electron chi connectivity index (χ1n) is 9.29. The summed E-state index contributed by atoms with van der Waals surface area (Å²) in [7, 11) is 0. The van der Waals surface area contributed by atoms with E-state index < -0.39 is 16.6 Å². The summed E-state index contributed by atoms with van der Waals surface area (Å²) in [6.45, 7) is -0.155. The number of halogens is 1. The number of hydrogen-bond acceptors (Lipinski definition) is 5. The van der Waals surface area contributed by atoms with Gasteiger partial charge < -0.3 is 15.0 Å². The third-order valence-electron chi connectivity index (χ3n) is 4.79. The van der Waals surface area contributed by atoms with Crippen LogP contribution >= 0.6 is 0 Å². The summed E-state index contributed by atoms with van der Waals surface area (Å²) in [6, 6.07) is 16.1. The van der Waals surface area contributed by atoms with Gasteiger partial charge in [0.15, 0.2) is 6.61 Å². The molecule has 1 heterocycles. The number of hydrogen-bond donors (Lipinski definition) is 1. The van der Waals surface area contributed by atoms with Gasteiger partial charge >= 0.3 is 0 Å². The molecule has 0 aliphatic carbocycles. The molecule has 1 aliphatic rings. The predicted molar refractivity (Wildman–Crippen MR) is 111 cm³/mol. The number of nitrogens with zero attached hydrogens (tertiary/aromatic N) is 2. The summed E-state index contributed by atoms with van der Waals surface area (Å²) in [6.07, 6.45) is 0. The van der Waals surface area contributed by atoms with Gasteiger partial charge in [-0.3, -0.25) is 19.7 Å². The lowest BCUT2D eigenvalue weighted by Crippen LogP contribution is -2.38. The van der Waals surface area contributed by atoms with Gasteiger partial charge in [-0.15, -0.1) is 0 Å². The fourth-order valence-electron chi connectivity index (χ4n) is 3.19. The molecule has 1 aliphatic heterocycles. The summed E-state index contributed by atoms with van der Waals surface area (Å²) in [5.41, 5.74) is 1.26. The quantitative estimate of drug-likeness (QED) is 0.497. The van der Waals surface area contributed by atoms with Crippen LogP contribution in [0.5, 0.6) is 5.75 Å². The zero-order valence-corrected chi connectivity index (χ0v) is 16.1.